The highest BCUT2D eigenvalue weighted by Crippen LogP contribution is 2.10. The molecule has 0 saturated heterocycles. The lowest BCUT2D eigenvalue weighted by Gasteiger charge is -1.97. The van der Waals surface area contributed by atoms with Gasteiger partial charge in [-0.1, -0.05) is 106 Å². The smallest absolute Gasteiger partial charge is 0.331 e. The molecular weight excluding hydrogens is 376 g/mol. The topological polar surface area (TPSA) is 63.6 Å². The zero-order valence-corrected chi connectivity index (χ0v) is 17.5. The summed E-state index contributed by atoms with van der Waals surface area (Å²) in [6.45, 7) is 13.3. The third-order valence-electron chi connectivity index (χ3n) is 3.58. The van der Waals surface area contributed by atoms with Gasteiger partial charge in [0.2, 0.25) is 0 Å². The van der Waals surface area contributed by atoms with Crippen molar-refractivity contribution in [2.45, 2.75) is 19.8 Å². The second-order valence-corrected chi connectivity index (χ2v) is 5.84. The highest BCUT2D eigenvalue weighted by molar-refractivity contribution is 5.90. The fraction of sp³-hybridized carbons (Fsp3) is 0.154. The maximum Gasteiger partial charge on any atom is 0.331 e. The van der Waals surface area contributed by atoms with Crippen LogP contribution in [0.3, 0.4) is 0 Å². The quantitative estimate of drug-likeness (QED) is 0.319. The molecule has 4 heteroatoms. The summed E-state index contributed by atoms with van der Waals surface area (Å²) < 4.78 is 4.64. The van der Waals surface area contributed by atoms with E-state index < -0.39 is 11.9 Å². The molecule has 0 aliphatic carbocycles. The number of carboxylic acid groups (broad SMARTS) is 1. The van der Waals surface area contributed by atoms with Crippen molar-refractivity contribution in [1.29, 1.82) is 0 Å². The van der Waals surface area contributed by atoms with Crippen LogP contribution in [0.2, 0.25) is 0 Å². The van der Waals surface area contributed by atoms with Gasteiger partial charge in [0.1, 0.15) is 0 Å². The van der Waals surface area contributed by atoms with Gasteiger partial charge in [-0.3, -0.25) is 0 Å². The van der Waals surface area contributed by atoms with Crippen LogP contribution >= 0.6 is 0 Å². The second-order valence-electron chi connectivity index (χ2n) is 5.84. The Morgan fingerprint density at radius 3 is 1.80 bits per heavy atom. The minimum atomic E-state index is -1.15. The summed E-state index contributed by atoms with van der Waals surface area (Å²) in [4.78, 5) is 20.6. The van der Waals surface area contributed by atoms with E-state index in [4.69, 9.17) is 5.11 Å². The van der Waals surface area contributed by atoms with Gasteiger partial charge in [0.05, 0.1) is 6.61 Å². The van der Waals surface area contributed by atoms with E-state index in [1.807, 2.05) is 79.7 Å². The van der Waals surface area contributed by atoms with Crippen molar-refractivity contribution in [3.63, 3.8) is 0 Å². The van der Waals surface area contributed by atoms with Gasteiger partial charge in [-0.15, -0.1) is 0 Å². The summed E-state index contributed by atoms with van der Waals surface area (Å²) in [6, 6.07) is 18.0. The van der Waals surface area contributed by atoms with Crippen LogP contribution in [0.1, 0.15) is 36.5 Å². The molecule has 2 aromatic carbocycles. The number of rotatable bonds is 8. The molecule has 0 saturated carbocycles. The molecule has 0 amide bonds. The van der Waals surface area contributed by atoms with Gasteiger partial charge < -0.3 is 9.84 Å². The first kappa shape index (κ1) is 26.3. The average molecular weight is 407 g/mol. The van der Waals surface area contributed by atoms with E-state index in [-0.39, 0.29) is 0 Å². The summed E-state index contributed by atoms with van der Waals surface area (Å²) in [6.07, 6.45) is 8.89. The molecule has 30 heavy (non-hydrogen) atoms. The third kappa shape index (κ3) is 13.5. The van der Waals surface area contributed by atoms with Crippen molar-refractivity contribution in [3.8, 4) is 0 Å². The van der Waals surface area contributed by atoms with Gasteiger partial charge in [0.25, 0.3) is 0 Å². The number of carboxylic acids is 1. The zero-order chi connectivity index (χ0) is 22.6. The minimum Gasteiger partial charge on any atom is -0.478 e. The maximum absolute atomic E-state index is 10.6. The van der Waals surface area contributed by atoms with Crippen LogP contribution in [0.5, 0.6) is 0 Å². The molecular formula is C26H30O4. The van der Waals surface area contributed by atoms with Crippen molar-refractivity contribution in [3.05, 3.63) is 103 Å². The first-order valence-electron chi connectivity index (χ1n) is 9.57. The van der Waals surface area contributed by atoms with E-state index in [0.29, 0.717) is 6.61 Å². The van der Waals surface area contributed by atoms with E-state index in [0.717, 1.165) is 36.1 Å². The van der Waals surface area contributed by atoms with Crippen molar-refractivity contribution in [1.82, 2.24) is 0 Å². The Labute approximate surface area is 179 Å². The lowest BCUT2D eigenvalue weighted by atomic mass is 10.1. The summed E-state index contributed by atoms with van der Waals surface area (Å²) in [5, 5.41) is 8.14. The maximum atomic E-state index is 10.6. The molecule has 0 fully saturated rings. The van der Waals surface area contributed by atoms with Gasteiger partial charge >= 0.3 is 11.9 Å². The number of hydrogen-bond donors (Lipinski definition) is 1. The molecule has 2 rings (SSSR count). The number of hydrogen-bond acceptors (Lipinski definition) is 3. The molecule has 0 aromatic heterocycles. The molecule has 0 aliphatic heterocycles. The van der Waals surface area contributed by atoms with Crippen LogP contribution in [0.25, 0.3) is 18.2 Å². The molecule has 0 radical (unpaired) electrons. The molecule has 0 bridgehead atoms. The number of carbonyl (C=O) groups is 2. The molecule has 0 unspecified atom stereocenters. The number of benzene rings is 2. The number of aliphatic carboxylic acids is 1. The first-order valence-corrected chi connectivity index (χ1v) is 9.57. The van der Waals surface area contributed by atoms with Gasteiger partial charge in [0.15, 0.2) is 0 Å². The zero-order valence-electron chi connectivity index (χ0n) is 17.5. The Balaban J connectivity index is 0.000000428. The van der Waals surface area contributed by atoms with Crippen molar-refractivity contribution in [2.24, 2.45) is 0 Å². The number of carbonyl (C=O) groups excluding carboxylic acids is 1. The molecule has 0 atom stereocenters. The molecule has 2 aromatic rings. The van der Waals surface area contributed by atoms with Gasteiger partial charge in [-0.25, -0.2) is 9.59 Å². The van der Waals surface area contributed by atoms with E-state index in [1.165, 1.54) is 5.56 Å². The highest BCUT2D eigenvalue weighted by atomic mass is 16.5. The number of esters is 1. The Morgan fingerprint density at radius 1 is 0.867 bits per heavy atom. The largest absolute Gasteiger partial charge is 0.478 e. The van der Waals surface area contributed by atoms with Gasteiger partial charge in [-0.2, -0.15) is 0 Å². The SMILES string of the molecule is C=Cc1ccccc1.C=Cc1ccccc1C=C.CCCCOC(=O)/C=C\C(=O)O. The predicted octanol–water partition coefficient (Wildman–Crippen LogP) is 6.27. The number of unbranched alkanes of at least 4 members (excludes halogenated alkanes) is 1. The van der Waals surface area contributed by atoms with Crippen LogP contribution < -0.4 is 0 Å². The average Bonchev–Trinajstić information content (AvgIpc) is 2.79. The fourth-order valence-corrected chi connectivity index (χ4v) is 1.98. The van der Waals surface area contributed by atoms with E-state index in [9.17, 15) is 9.59 Å². The normalized spacial score (nSPS) is 9.23. The van der Waals surface area contributed by atoms with Crippen LogP contribution in [0.15, 0.2) is 86.5 Å². The van der Waals surface area contributed by atoms with Crippen LogP contribution in [-0.4, -0.2) is 23.7 Å². The Kier molecular flexibility index (Phi) is 15.3. The lowest BCUT2D eigenvalue weighted by Crippen LogP contribution is -2.02. The van der Waals surface area contributed by atoms with Crippen molar-refractivity contribution in [2.75, 3.05) is 6.61 Å². The van der Waals surface area contributed by atoms with Crippen LogP contribution in [0, 0.1) is 0 Å². The molecule has 158 valence electrons. The molecule has 4 nitrogen and oxygen atoms in total. The highest BCUT2D eigenvalue weighted by Gasteiger charge is 1.96. The Morgan fingerprint density at radius 2 is 1.40 bits per heavy atom. The summed E-state index contributed by atoms with van der Waals surface area (Å²) in [5.41, 5.74) is 3.45. The van der Waals surface area contributed by atoms with E-state index in [2.05, 4.69) is 24.5 Å². The predicted molar refractivity (Wildman–Crippen MR) is 126 cm³/mol. The first-order chi connectivity index (χ1) is 14.5. The summed E-state index contributed by atoms with van der Waals surface area (Å²) in [7, 11) is 0. The van der Waals surface area contributed by atoms with E-state index in [1.54, 1.807) is 0 Å². The van der Waals surface area contributed by atoms with E-state index >= 15 is 0 Å². The van der Waals surface area contributed by atoms with Gasteiger partial charge in [-0.05, 0) is 23.1 Å². The lowest BCUT2D eigenvalue weighted by molar-refractivity contribution is -0.138. The van der Waals surface area contributed by atoms with Crippen LogP contribution in [0.4, 0.5) is 0 Å². The molecule has 0 aliphatic rings. The van der Waals surface area contributed by atoms with Gasteiger partial charge in [0, 0.05) is 12.2 Å². The van der Waals surface area contributed by atoms with Crippen molar-refractivity contribution >= 4 is 30.2 Å². The monoisotopic (exact) mass is 406 g/mol. The Hall–Kier alpha value is -3.66. The molecule has 1 N–H and O–H groups in total. The molecule has 0 spiro atoms. The molecule has 0 heterocycles. The third-order valence-corrected chi connectivity index (χ3v) is 3.58. The Bertz CT molecular complexity index is 793. The summed E-state index contributed by atoms with van der Waals surface area (Å²) in [5.74, 6) is -1.76. The van der Waals surface area contributed by atoms with Crippen LogP contribution in [-0.2, 0) is 14.3 Å². The summed E-state index contributed by atoms with van der Waals surface area (Å²) >= 11 is 0. The van der Waals surface area contributed by atoms with Crippen molar-refractivity contribution < 1.29 is 19.4 Å². The number of ether oxygens (including phenoxy) is 1. The fourth-order valence-electron chi connectivity index (χ4n) is 1.98. The minimum absolute atomic E-state index is 0.347. The standard InChI is InChI=1S/C10H10.C8H12O4.C8H8/c1-3-9-7-5-6-8-10(9)4-2;1-2-3-6-12-8(11)5-4-7(9)10;1-2-8-6-4-3-5-7-8/h3-8H,1-2H2;4-5H,2-3,6H2,1H3,(H,9,10);2-7H,1H2/b;5-4-;. The second kappa shape index (κ2) is 17.4.